The molecule has 0 aliphatic heterocycles. The van der Waals surface area contributed by atoms with E-state index >= 15 is 0 Å². The van der Waals surface area contributed by atoms with Crippen molar-refractivity contribution in [2.24, 2.45) is 0 Å². The minimum atomic E-state index is 0.442. The van der Waals surface area contributed by atoms with Gasteiger partial charge in [-0.25, -0.2) is 4.98 Å². The molecule has 0 bridgehead atoms. The van der Waals surface area contributed by atoms with Gasteiger partial charge in [-0.1, -0.05) is 35.3 Å². The molecule has 0 spiro atoms. The van der Waals surface area contributed by atoms with Crippen molar-refractivity contribution < 1.29 is 0 Å². The Hall–Kier alpha value is -1.78. The standard InChI is InChI=1S/C13H12Cl2N4/c1-2-7-16-11-6-8-17-13(19-11)18-10-5-3-4-9(14)12(10)15/h2-6,8H,1,7H2,(H2,16,17,18,19). The summed E-state index contributed by atoms with van der Waals surface area (Å²) >= 11 is 12.0. The molecule has 2 N–H and O–H groups in total. The van der Waals surface area contributed by atoms with Crippen LogP contribution in [0.3, 0.4) is 0 Å². The Kier molecular flexibility index (Phi) is 4.60. The molecule has 2 rings (SSSR count). The van der Waals surface area contributed by atoms with Crippen LogP contribution in [0.4, 0.5) is 17.5 Å². The number of nitrogens with zero attached hydrogens (tertiary/aromatic N) is 2. The van der Waals surface area contributed by atoms with Gasteiger partial charge in [0.1, 0.15) is 5.82 Å². The fraction of sp³-hybridized carbons (Fsp3) is 0.0769. The van der Waals surface area contributed by atoms with E-state index in [2.05, 4.69) is 27.2 Å². The molecule has 0 unspecified atom stereocenters. The lowest BCUT2D eigenvalue weighted by molar-refractivity contribution is 1.14. The summed E-state index contributed by atoms with van der Waals surface area (Å²) in [6, 6.07) is 7.10. The van der Waals surface area contributed by atoms with Gasteiger partial charge in [-0.15, -0.1) is 6.58 Å². The topological polar surface area (TPSA) is 49.8 Å². The highest BCUT2D eigenvalue weighted by atomic mass is 35.5. The zero-order valence-electron chi connectivity index (χ0n) is 10.0. The molecule has 0 atom stereocenters. The van der Waals surface area contributed by atoms with E-state index in [9.17, 15) is 0 Å². The van der Waals surface area contributed by atoms with Crippen molar-refractivity contribution in [2.45, 2.75) is 0 Å². The van der Waals surface area contributed by atoms with Crippen LogP contribution in [0.2, 0.25) is 10.0 Å². The van der Waals surface area contributed by atoms with Gasteiger partial charge in [-0.2, -0.15) is 4.98 Å². The van der Waals surface area contributed by atoms with Gasteiger partial charge in [0.2, 0.25) is 5.95 Å². The Morgan fingerprint density at radius 2 is 2.11 bits per heavy atom. The number of anilines is 3. The average Bonchev–Trinajstić information content (AvgIpc) is 2.42. The highest BCUT2D eigenvalue weighted by Gasteiger charge is 2.06. The van der Waals surface area contributed by atoms with E-state index in [0.717, 1.165) is 0 Å². The molecule has 2 aromatic rings. The van der Waals surface area contributed by atoms with Crippen molar-refractivity contribution >= 4 is 40.7 Å². The maximum absolute atomic E-state index is 6.09. The molecule has 0 saturated carbocycles. The molecule has 0 radical (unpaired) electrons. The van der Waals surface area contributed by atoms with Crippen LogP contribution >= 0.6 is 23.2 Å². The van der Waals surface area contributed by atoms with Crippen molar-refractivity contribution in [1.29, 1.82) is 0 Å². The van der Waals surface area contributed by atoms with Crippen molar-refractivity contribution in [3.05, 3.63) is 53.2 Å². The summed E-state index contributed by atoms with van der Waals surface area (Å²) in [6.07, 6.45) is 3.41. The van der Waals surface area contributed by atoms with Gasteiger partial charge in [0, 0.05) is 12.7 Å². The lowest BCUT2D eigenvalue weighted by Gasteiger charge is -2.09. The first-order chi connectivity index (χ1) is 9.20. The third-order valence-electron chi connectivity index (χ3n) is 2.28. The summed E-state index contributed by atoms with van der Waals surface area (Å²) in [5.41, 5.74) is 0.662. The number of hydrogen-bond acceptors (Lipinski definition) is 4. The molecule has 0 fully saturated rings. The quantitative estimate of drug-likeness (QED) is 0.814. The molecule has 6 heteroatoms. The van der Waals surface area contributed by atoms with Crippen LogP contribution in [-0.4, -0.2) is 16.5 Å². The number of aromatic nitrogens is 2. The van der Waals surface area contributed by atoms with E-state index in [-0.39, 0.29) is 0 Å². The Bertz CT molecular complexity index is 587. The Balaban J connectivity index is 2.18. The maximum Gasteiger partial charge on any atom is 0.229 e. The van der Waals surface area contributed by atoms with Gasteiger partial charge in [0.25, 0.3) is 0 Å². The molecule has 0 aliphatic carbocycles. The molecular formula is C13H12Cl2N4. The van der Waals surface area contributed by atoms with E-state index < -0.39 is 0 Å². The minimum absolute atomic E-state index is 0.442. The predicted octanol–water partition coefficient (Wildman–Crippen LogP) is 4.12. The predicted molar refractivity (Wildman–Crippen MR) is 80.5 cm³/mol. The minimum Gasteiger partial charge on any atom is -0.366 e. The van der Waals surface area contributed by atoms with Gasteiger partial charge in [0.15, 0.2) is 0 Å². The van der Waals surface area contributed by atoms with Crippen LogP contribution in [0.5, 0.6) is 0 Å². The van der Waals surface area contributed by atoms with Crippen molar-refractivity contribution in [3.8, 4) is 0 Å². The van der Waals surface area contributed by atoms with Crippen LogP contribution < -0.4 is 10.6 Å². The zero-order valence-corrected chi connectivity index (χ0v) is 11.5. The third kappa shape index (κ3) is 3.59. The highest BCUT2D eigenvalue weighted by molar-refractivity contribution is 6.43. The smallest absolute Gasteiger partial charge is 0.229 e. The zero-order chi connectivity index (χ0) is 13.7. The van der Waals surface area contributed by atoms with Crippen LogP contribution in [0.15, 0.2) is 43.1 Å². The van der Waals surface area contributed by atoms with Gasteiger partial charge < -0.3 is 10.6 Å². The van der Waals surface area contributed by atoms with Gasteiger partial charge in [-0.3, -0.25) is 0 Å². The molecule has 1 aromatic heterocycles. The Morgan fingerprint density at radius 1 is 1.26 bits per heavy atom. The first-order valence-corrected chi connectivity index (χ1v) is 6.35. The molecule has 98 valence electrons. The summed E-state index contributed by atoms with van der Waals surface area (Å²) in [6.45, 7) is 4.27. The first-order valence-electron chi connectivity index (χ1n) is 5.59. The van der Waals surface area contributed by atoms with Crippen molar-refractivity contribution in [1.82, 2.24) is 9.97 Å². The second-order valence-electron chi connectivity index (χ2n) is 3.66. The second kappa shape index (κ2) is 6.41. The van der Waals surface area contributed by atoms with Crippen LogP contribution in [0.25, 0.3) is 0 Å². The Morgan fingerprint density at radius 3 is 2.89 bits per heavy atom. The lowest BCUT2D eigenvalue weighted by atomic mass is 10.3. The largest absolute Gasteiger partial charge is 0.366 e. The lowest BCUT2D eigenvalue weighted by Crippen LogP contribution is -2.03. The molecule has 0 amide bonds. The number of rotatable bonds is 5. The maximum atomic E-state index is 6.09. The van der Waals surface area contributed by atoms with Crippen LogP contribution in [0, 0.1) is 0 Å². The van der Waals surface area contributed by atoms with E-state index in [1.807, 2.05) is 0 Å². The molecule has 4 nitrogen and oxygen atoms in total. The van der Waals surface area contributed by atoms with E-state index in [4.69, 9.17) is 23.2 Å². The number of halogens is 2. The molecule has 0 saturated heterocycles. The van der Waals surface area contributed by atoms with Gasteiger partial charge in [-0.05, 0) is 18.2 Å². The van der Waals surface area contributed by atoms with E-state index in [0.29, 0.717) is 34.0 Å². The SMILES string of the molecule is C=CCNc1ccnc(Nc2cccc(Cl)c2Cl)n1. The molecule has 0 aliphatic rings. The fourth-order valence-electron chi connectivity index (χ4n) is 1.41. The summed E-state index contributed by atoms with van der Waals surface area (Å²) < 4.78 is 0. The van der Waals surface area contributed by atoms with Gasteiger partial charge >= 0.3 is 0 Å². The highest BCUT2D eigenvalue weighted by Crippen LogP contribution is 2.30. The van der Waals surface area contributed by atoms with Crippen LogP contribution in [0.1, 0.15) is 0 Å². The fourth-order valence-corrected chi connectivity index (χ4v) is 1.76. The molecule has 1 aromatic carbocycles. The Labute approximate surface area is 121 Å². The number of hydrogen-bond donors (Lipinski definition) is 2. The average molecular weight is 295 g/mol. The molecule has 1 heterocycles. The summed E-state index contributed by atoms with van der Waals surface area (Å²) in [5.74, 6) is 1.15. The monoisotopic (exact) mass is 294 g/mol. The van der Waals surface area contributed by atoms with E-state index in [1.165, 1.54) is 0 Å². The summed E-state index contributed by atoms with van der Waals surface area (Å²) in [5, 5.41) is 7.02. The van der Waals surface area contributed by atoms with Gasteiger partial charge in [0.05, 0.1) is 15.7 Å². The normalized spacial score (nSPS) is 10.0. The van der Waals surface area contributed by atoms with Crippen molar-refractivity contribution in [3.63, 3.8) is 0 Å². The third-order valence-corrected chi connectivity index (χ3v) is 3.10. The van der Waals surface area contributed by atoms with Crippen LogP contribution in [-0.2, 0) is 0 Å². The number of nitrogens with one attached hydrogen (secondary N) is 2. The molecule has 19 heavy (non-hydrogen) atoms. The summed E-state index contributed by atoms with van der Waals surface area (Å²) in [4.78, 5) is 8.42. The molecular weight excluding hydrogens is 283 g/mol. The first kappa shape index (κ1) is 13.6. The number of benzene rings is 1. The second-order valence-corrected chi connectivity index (χ2v) is 4.45. The van der Waals surface area contributed by atoms with Crippen molar-refractivity contribution in [2.75, 3.05) is 17.2 Å². The summed E-state index contributed by atoms with van der Waals surface area (Å²) in [7, 11) is 0. The van der Waals surface area contributed by atoms with E-state index in [1.54, 1.807) is 36.5 Å².